The number of ether oxygens (including phenoxy) is 2. The number of carbonyl (C=O) groups excluding carboxylic acids is 2. The number of methoxy groups -OCH3 is 2. The minimum absolute atomic E-state index is 0.0755. The lowest BCUT2D eigenvalue weighted by Gasteiger charge is -2.35. The van der Waals surface area contributed by atoms with E-state index in [1.165, 1.54) is 6.07 Å². The Labute approximate surface area is 227 Å². The molecule has 1 aliphatic heterocycles. The number of amides is 2. The molecule has 200 valence electrons. The van der Waals surface area contributed by atoms with Crippen LogP contribution in [-0.2, 0) is 0 Å². The van der Waals surface area contributed by atoms with Crippen LogP contribution in [0, 0.1) is 12.7 Å². The van der Waals surface area contributed by atoms with Crippen molar-refractivity contribution in [1.82, 2.24) is 14.4 Å². The molecule has 0 spiro atoms. The highest BCUT2D eigenvalue weighted by molar-refractivity contribution is 5.98. The van der Waals surface area contributed by atoms with Crippen LogP contribution in [0.1, 0.15) is 26.4 Å². The highest BCUT2D eigenvalue weighted by atomic mass is 19.1. The van der Waals surface area contributed by atoms with Gasteiger partial charge in [-0.1, -0.05) is 12.1 Å². The van der Waals surface area contributed by atoms with Gasteiger partial charge >= 0.3 is 0 Å². The number of aromatic nitrogens is 1. The first-order chi connectivity index (χ1) is 18.9. The van der Waals surface area contributed by atoms with Crippen molar-refractivity contribution in [2.24, 2.45) is 0 Å². The summed E-state index contributed by atoms with van der Waals surface area (Å²) in [4.78, 5) is 30.2. The fourth-order valence-electron chi connectivity index (χ4n) is 4.94. The van der Waals surface area contributed by atoms with Gasteiger partial charge in [-0.25, -0.2) is 4.39 Å². The summed E-state index contributed by atoms with van der Waals surface area (Å²) in [6, 6.07) is 22.8. The summed E-state index contributed by atoms with van der Waals surface area (Å²) in [5.41, 5.74) is 3.63. The monoisotopic (exact) mass is 527 g/mol. The first kappa shape index (κ1) is 26.0. The van der Waals surface area contributed by atoms with Gasteiger partial charge in [0.2, 0.25) is 0 Å². The molecule has 0 N–H and O–H groups in total. The molecule has 1 aliphatic rings. The zero-order valence-corrected chi connectivity index (χ0v) is 22.2. The van der Waals surface area contributed by atoms with Gasteiger partial charge in [0.1, 0.15) is 17.3 Å². The number of rotatable bonds is 6. The van der Waals surface area contributed by atoms with E-state index in [0.29, 0.717) is 65.9 Å². The molecule has 1 fully saturated rings. The van der Waals surface area contributed by atoms with Crippen LogP contribution in [0.15, 0.2) is 78.9 Å². The number of carbonyl (C=O) groups is 2. The van der Waals surface area contributed by atoms with Crippen molar-refractivity contribution in [3.8, 4) is 28.4 Å². The molecular formula is C31H30FN3O4. The molecule has 5 rings (SSSR count). The fraction of sp³-hybridized carbons (Fsp3) is 0.226. The Kier molecular flexibility index (Phi) is 7.36. The fourth-order valence-corrected chi connectivity index (χ4v) is 4.94. The highest BCUT2D eigenvalue weighted by Gasteiger charge is 2.29. The van der Waals surface area contributed by atoms with Gasteiger partial charge in [0, 0.05) is 37.4 Å². The molecule has 3 aromatic carbocycles. The van der Waals surface area contributed by atoms with Gasteiger partial charge in [-0.3, -0.25) is 9.59 Å². The van der Waals surface area contributed by atoms with Gasteiger partial charge < -0.3 is 23.8 Å². The zero-order chi connectivity index (χ0) is 27.5. The van der Waals surface area contributed by atoms with Crippen LogP contribution in [0.2, 0.25) is 0 Å². The molecule has 2 amide bonds. The maximum absolute atomic E-state index is 15.0. The highest BCUT2D eigenvalue weighted by Crippen LogP contribution is 2.32. The number of benzene rings is 3. The third-order valence-corrected chi connectivity index (χ3v) is 7.15. The van der Waals surface area contributed by atoms with Crippen molar-refractivity contribution in [3.05, 3.63) is 102 Å². The van der Waals surface area contributed by atoms with Crippen LogP contribution < -0.4 is 9.47 Å². The molecule has 1 aromatic heterocycles. The van der Waals surface area contributed by atoms with E-state index in [1.54, 1.807) is 71.1 Å². The molecule has 39 heavy (non-hydrogen) atoms. The second-order valence-electron chi connectivity index (χ2n) is 9.36. The molecule has 0 unspecified atom stereocenters. The van der Waals surface area contributed by atoms with E-state index < -0.39 is 0 Å². The summed E-state index contributed by atoms with van der Waals surface area (Å²) in [6.45, 7) is 3.49. The summed E-state index contributed by atoms with van der Waals surface area (Å²) in [5.74, 6) is 0.796. The van der Waals surface area contributed by atoms with Crippen molar-refractivity contribution in [1.29, 1.82) is 0 Å². The molecular weight excluding hydrogens is 497 g/mol. The maximum atomic E-state index is 15.0. The number of hydrogen-bond donors (Lipinski definition) is 0. The van der Waals surface area contributed by atoms with Gasteiger partial charge in [-0.15, -0.1) is 0 Å². The summed E-state index contributed by atoms with van der Waals surface area (Å²) >= 11 is 0. The molecule has 0 bridgehead atoms. The predicted molar refractivity (Wildman–Crippen MR) is 147 cm³/mol. The molecule has 0 aliphatic carbocycles. The second-order valence-corrected chi connectivity index (χ2v) is 9.36. The van der Waals surface area contributed by atoms with Crippen molar-refractivity contribution in [2.75, 3.05) is 40.4 Å². The summed E-state index contributed by atoms with van der Waals surface area (Å²) < 4.78 is 27.2. The molecule has 7 nitrogen and oxygen atoms in total. The Bertz CT molecular complexity index is 1490. The quantitative estimate of drug-likeness (QED) is 0.346. The summed E-state index contributed by atoms with van der Waals surface area (Å²) in [5, 5.41) is 0. The van der Waals surface area contributed by atoms with E-state index in [1.807, 2.05) is 37.3 Å². The molecule has 0 saturated carbocycles. The SMILES string of the molecule is COc1ccc(C(=O)N2CCN(C(=O)c3cc(-c4ccc(OC)cc4)n(-c4ccccc4F)c3C)CC2)cc1. The topological polar surface area (TPSA) is 64.0 Å². The third-order valence-electron chi connectivity index (χ3n) is 7.15. The lowest BCUT2D eigenvalue weighted by atomic mass is 10.1. The van der Waals surface area contributed by atoms with E-state index in [0.717, 1.165) is 5.56 Å². The first-order valence-electron chi connectivity index (χ1n) is 12.8. The largest absolute Gasteiger partial charge is 0.497 e. The number of nitrogens with zero attached hydrogens (tertiary/aromatic N) is 3. The van der Waals surface area contributed by atoms with E-state index in [4.69, 9.17) is 9.47 Å². The van der Waals surface area contributed by atoms with E-state index in [-0.39, 0.29) is 17.6 Å². The number of hydrogen-bond acceptors (Lipinski definition) is 4. The van der Waals surface area contributed by atoms with Crippen molar-refractivity contribution in [3.63, 3.8) is 0 Å². The molecule has 0 atom stereocenters. The van der Waals surface area contributed by atoms with Crippen LogP contribution in [0.4, 0.5) is 4.39 Å². The summed E-state index contributed by atoms with van der Waals surface area (Å²) in [7, 11) is 3.18. The Hall–Kier alpha value is -4.59. The standard InChI is InChI=1S/C31H30FN3O4/c1-21-26(31(37)34-18-16-33(17-19-34)30(36)23-10-14-25(39-3)15-11-23)20-29(22-8-12-24(38-2)13-9-22)35(21)28-7-5-4-6-27(28)32/h4-15,20H,16-19H2,1-3H3. The van der Waals surface area contributed by atoms with E-state index in [9.17, 15) is 14.0 Å². The lowest BCUT2D eigenvalue weighted by Crippen LogP contribution is -2.50. The molecule has 0 radical (unpaired) electrons. The van der Waals surface area contributed by atoms with E-state index >= 15 is 0 Å². The first-order valence-corrected chi connectivity index (χ1v) is 12.8. The minimum atomic E-state index is -0.379. The lowest BCUT2D eigenvalue weighted by molar-refractivity contribution is 0.0535. The Morgan fingerprint density at radius 1 is 0.744 bits per heavy atom. The van der Waals surface area contributed by atoms with Crippen molar-refractivity contribution >= 4 is 11.8 Å². The van der Waals surface area contributed by atoms with Crippen LogP contribution in [0.5, 0.6) is 11.5 Å². The van der Waals surface area contributed by atoms with Gasteiger partial charge in [0.25, 0.3) is 11.8 Å². The van der Waals surface area contributed by atoms with Crippen molar-refractivity contribution < 1.29 is 23.5 Å². The maximum Gasteiger partial charge on any atom is 0.255 e. The van der Waals surface area contributed by atoms with Gasteiger partial charge in [-0.05, 0) is 79.2 Å². The van der Waals surface area contributed by atoms with Crippen LogP contribution in [-0.4, -0.2) is 66.6 Å². The minimum Gasteiger partial charge on any atom is -0.497 e. The van der Waals surface area contributed by atoms with Gasteiger partial charge in [0.15, 0.2) is 0 Å². The predicted octanol–water partition coefficient (Wildman–Crippen LogP) is 5.21. The number of piperazine rings is 1. The number of halogens is 1. The zero-order valence-electron chi connectivity index (χ0n) is 22.2. The summed E-state index contributed by atoms with van der Waals surface area (Å²) in [6.07, 6.45) is 0. The van der Waals surface area contributed by atoms with Crippen LogP contribution >= 0.6 is 0 Å². The molecule has 8 heteroatoms. The Morgan fingerprint density at radius 3 is 1.85 bits per heavy atom. The third kappa shape index (κ3) is 5.10. The smallest absolute Gasteiger partial charge is 0.255 e. The van der Waals surface area contributed by atoms with Crippen LogP contribution in [0.3, 0.4) is 0 Å². The van der Waals surface area contributed by atoms with Crippen molar-refractivity contribution in [2.45, 2.75) is 6.92 Å². The van der Waals surface area contributed by atoms with Gasteiger partial charge in [0.05, 0.1) is 31.2 Å². The number of para-hydroxylation sites is 1. The average molecular weight is 528 g/mol. The Morgan fingerprint density at radius 2 is 1.28 bits per heavy atom. The second kappa shape index (κ2) is 11.0. The average Bonchev–Trinajstić information content (AvgIpc) is 3.33. The Balaban J connectivity index is 1.40. The molecule has 2 heterocycles. The molecule has 1 saturated heterocycles. The van der Waals surface area contributed by atoms with Gasteiger partial charge in [-0.2, -0.15) is 0 Å². The molecule has 4 aromatic rings. The van der Waals surface area contributed by atoms with Crippen LogP contribution in [0.25, 0.3) is 16.9 Å². The van der Waals surface area contributed by atoms with E-state index in [2.05, 4.69) is 0 Å². The normalized spacial score (nSPS) is 13.3.